The van der Waals surface area contributed by atoms with E-state index in [-0.39, 0.29) is 12.1 Å². The molecule has 0 spiro atoms. The molecular weight excluding hydrogens is 252 g/mol. The normalized spacial score (nSPS) is 10.4. The number of hydrogen-bond acceptors (Lipinski definition) is 4. The molecule has 0 aliphatic carbocycles. The highest BCUT2D eigenvalue weighted by Gasteiger charge is 2.06. The van der Waals surface area contributed by atoms with Crippen molar-refractivity contribution in [2.24, 2.45) is 0 Å². The van der Waals surface area contributed by atoms with Crippen LogP contribution in [-0.4, -0.2) is 21.8 Å². The van der Waals surface area contributed by atoms with Crippen LogP contribution in [0.15, 0.2) is 29.1 Å². The number of pyridine rings is 1. The van der Waals surface area contributed by atoms with Crippen molar-refractivity contribution in [2.75, 3.05) is 12.4 Å². The molecule has 0 aliphatic heterocycles. The van der Waals surface area contributed by atoms with E-state index in [1.54, 1.807) is 25.2 Å². The quantitative estimate of drug-likeness (QED) is 0.917. The molecule has 2 rings (SSSR count). The molecule has 0 fully saturated rings. The minimum atomic E-state index is -0.173. The van der Waals surface area contributed by atoms with Gasteiger partial charge in [0.15, 0.2) is 0 Å². The number of halogens is 1. The Morgan fingerprint density at radius 1 is 1.33 bits per heavy atom. The first kappa shape index (κ1) is 12.6. The third-order valence-electron chi connectivity index (χ3n) is 2.47. The maximum absolute atomic E-state index is 11.7. The Morgan fingerprint density at radius 2 is 2.11 bits per heavy atom. The van der Waals surface area contributed by atoms with Gasteiger partial charge in [0.05, 0.1) is 23.0 Å². The summed E-state index contributed by atoms with van der Waals surface area (Å²) in [4.78, 5) is 16.0. The molecule has 0 unspecified atom stereocenters. The molecule has 94 valence electrons. The van der Waals surface area contributed by atoms with Gasteiger partial charge in [0.1, 0.15) is 5.82 Å². The van der Waals surface area contributed by atoms with Gasteiger partial charge in [-0.1, -0.05) is 11.6 Å². The fourth-order valence-corrected chi connectivity index (χ4v) is 1.71. The topological polar surface area (TPSA) is 59.8 Å². The van der Waals surface area contributed by atoms with Gasteiger partial charge < -0.3 is 5.32 Å². The zero-order valence-corrected chi connectivity index (χ0v) is 10.9. The van der Waals surface area contributed by atoms with Crippen molar-refractivity contribution in [1.82, 2.24) is 14.8 Å². The van der Waals surface area contributed by atoms with E-state index < -0.39 is 0 Å². The third kappa shape index (κ3) is 2.68. The first-order chi connectivity index (χ1) is 8.60. The van der Waals surface area contributed by atoms with Crippen LogP contribution in [0, 0.1) is 6.92 Å². The maximum atomic E-state index is 11.7. The van der Waals surface area contributed by atoms with E-state index in [4.69, 9.17) is 11.6 Å². The molecule has 0 bridgehead atoms. The number of nitrogens with one attached hydrogen (secondary N) is 1. The summed E-state index contributed by atoms with van der Waals surface area (Å²) in [6, 6.07) is 6.69. The molecular formula is C12H13ClN4O. The minimum Gasteiger partial charge on any atom is -0.373 e. The fourth-order valence-electron chi connectivity index (χ4n) is 1.54. The van der Waals surface area contributed by atoms with Gasteiger partial charge in [0, 0.05) is 13.1 Å². The van der Waals surface area contributed by atoms with Crippen LogP contribution in [0.5, 0.6) is 0 Å². The summed E-state index contributed by atoms with van der Waals surface area (Å²) < 4.78 is 1.35. The summed E-state index contributed by atoms with van der Waals surface area (Å²) in [6.45, 7) is 2.09. The van der Waals surface area contributed by atoms with Crippen LogP contribution >= 0.6 is 11.6 Å². The zero-order valence-electron chi connectivity index (χ0n) is 10.1. The van der Waals surface area contributed by atoms with Crippen LogP contribution in [0.1, 0.15) is 11.4 Å². The molecule has 0 radical (unpaired) electrons. The number of hydrogen-bond donors (Lipinski definition) is 1. The lowest BCUT2D eigenvalue weighted by molar-refractivity contribution is 0.618. The molecule has 1 N–H and O–H groups in total. The zero-order chi connectivity index (χ0) is 13.1. The van der Waals surface area contributed by atoms with Crippen LogP contribution in [0.25, 0.3) is 0 Å². The van der Waals surface area contributed by atoms with Gasteiger partial charge in [-0.2, -0.15) is 5.10 Å². The number of anilines is 1. The molecule has 2 aromatic rings. The monoisotopic (exact) mass is 264 g/mol. The van der Waals surface area contributed by atoms with Crippen molar-refractivity contribution < 1.29 is 0 Å². The average Bonchev–Trinajstić information content (AvgIpc) is 2.36. The molecule has 2 aromatic heterocycles. The molecule has 0 aromatic carbocycles. The highest BCUT2D eigenvalue weighted by molar-refractivity contribution is 6.31. The summed E-state index contributed by atoms with van der Waals surface area (Å²) in [5.74, 6) is 0.704. The second-order valence-corrected chi connectivity index (χ2v) is 4.25. The lowest BCUT2D eigenvalue weighted by atomic mass is 10.3. The van der Waals surface area contributed by atoms with Gasteiger partial charge in [0.2, 0.25) is 0 Å². The molecule has 0 atom stereocenters. The van der Waals surface area contributed by atoms with Crippen molar-refractivity contribution in [3.63, 3.8) is 0 Å². The molecule has 0 saturated carbocycles. The van der Waals surface area contributed by atoms with Crippen LogP contribution < -0.4 is 10.9 Å². The standard InChI is InChI=1S/C12H13ClN4O/c1-8-3-6-12(18)17(16-8)7-10-9(13)4-5-11(14-2)15-10/h3-6H,7H2,1-2H3,(H,14,15). The Morgan fingerprint density at radius 3 is 2.83 bits per heavy atom. The smallest absolute Gasteiger partial charge is 0.267 e. The van der Waals surface area contributed by atoms with Crippen molar-refractivity contribution >= 4 is 17.4 Å². The summed E-state index contributed by atoms with van der Waals surface area (Å²) in [5, 5.41) is 7.60. The molecule has 6 heteroatoms. The number of rotatable bonds is 3. The first-order valence-corrected chi connectivity index (χ1v) is 5.86. The van der Waals surface area contributed by atoms with E-state index in [9.17, 15) is 4.79 Å². The Labute approximate surface area is 109 Å². The molecule has 0 saturated heterocycles. The lowest BCUT2D eigenvalue weighted by Gasteiger charge is -2.08. The van der Waals surface area contributed by atoms with Crippen molar-refractivity contribution in [3.8, 4) is 0 Å². The van der Waals surface area contributed by atoms with E-state index in [2.05, 4.69) is 15.4 Å². The van der Waals surface area contributed by atoms with Crippen LogP contribution in [0.4, 0.5) is 5.82 Å². The third-order valence-corrected chi connectivity index (χ3v) is 2.82. The number of nitrogens with zero attached hydrogens (tertiary/aromatic N) is 3. The van der Waals surface area contributed by atoms with Crippen LogP contribution in [0.3, 0.4) is 0 Å². The minimum absolute atomic E-state index is 0.173. The second kappa shape index (κ2) is 5.18. The molecule has 5 nitrogen and oxygen atoms in total. The first-order valence-electron chi connectivity index (χ1n) is 5.48. The molecule has 2 heterocycles. The van der Waals surface area contributed by atoms with Crippen molar-refractivity contribution in [2.45, 2.75) is 13.5 Å². The highest BCUT2D eigenvalue weighted by atomic mass is 35.5. The van der Waals surface area contributed by atoms with Gasteiger partial charge in [-0.05, 0) is 25.1 Å². The van der Waals surface area contributed by atoms with Crippen molar-refractivity contribution in [1.29, 1.82) is 0 Å². The van der Waals surface area contributed by atoms with E-state index in [1.165, 1.54) is 10.7 Å². The number of aromatic nitrogens is 3. The summed E-state index contributed by atoms with van der Waals surface area (Å²) in [6.07, 6.45) is 0. The Kier molecular flexibility index (Phi) is 3.62. The van der Waals surface area contributed by atoms with Gasteiger partial charge in [-0.3, -0.25) is 4.79 Å². The highest BCUT2D eigenvalue weighted by Crippen LogP contribution is 2.16. The predicted molar refractivity (Wildman–Crippen MR) is 71.1 cm³/mol. The van der Waals surface area contributed by atoms with Crippen LogP contribution in [0.2, 0.25) is 5.02 Å². The van der Waals surface area contributed by atoms with Gasteiger partial charge in [-0.25, -0.2) is 9.67 Å². The second-order valence-electron chi connectivity index (χ2n) is 3.85. The van der Waals surface area contributed by atoms with Crippen LogP contribution in [-0.2, 0) is 6.54 Å². The molecule has 18 heavy (non-hydrogen) atoms. The fraction of sp³-hybridized carbons (Fsp3) is 0.250. The summed E-state index contributed by atoms with van der Waals surface area (Å²) in [5.41, 5.74) is 1.22. The number of aryl methyl sites for hydroxylation is 1. The average molecular weight is 265 g/mol. The van der Waals surface area contributed by atoms with Gasteiger partial charge in [-0.15, -0.1) is 0 Å². The summed E-state index contributed by atoms with van der Waals surface area (Å²) in [7, 11) is 1.77. The predicted octanol–water partition coefficient (Wildman–Crippen LogP) is 1.69. The van der Waals surface area contributed by atoms with E-state index in [0.29, 0.717) is 16.5 Å². The Bertz CT molecular complexity index is 624. The SMILES string of the molecule is CNc1ccc(Cl)c(Cn2nc(C)ccc2=O)n1. The molecule has 0 aliphatic rings. The van der Waals surface area contributed by atoms with Gasteiger partial charge in [0.25, 0.3) is 5.56 Å². The van der Waals surface area contributed by atoms with E-state index in [0.717, 1.165) is 5.69 Å². The summed E-state index contributed by atoms with van der Waals surface area (Å²) >= 11 is 6.06. The Hall–Kier alpha value is -1.88. The Balaban J connectivity index is 2.39. The largest absolute Gasteiger partial charge is 0.373 e. The van der Waals surface area contributed by atoms with E-state index in [1.807, 2.05) is 6.92 Å². The maximum Gasteiger partial charge on any atom is 0.267 e. The van der Waals surface area contributed by atoms with E-state index >= 15 is 0 Å². The van der Waals surface area contributed by atoms with Gasteiger partial charge >= 0.3 is 0 Å². The molecule has 0 amide bonds. The van der Waals surface area contributed by atoms with Crippen molar-refractivity contribution in [3.05, 3.63) is 51.0 Å². The lowest BCUT2D eigenvalue weighted by Crippen LogP contribution is -2.23.